The highest BCUT2D eigenvalue weighted by atomic mass is 35.5. The number of rotatable bonds is 9. The second-order valence-corrected chi connectivity index (χ2v) is 6.06. The van der Waals surface area contributed by atoms with Crippen LogP contribution in [0.2, 0.25) is 10.4 Å². The molecule has 2 heterocycles. The topological polar surface area (TPSA) is 43.6 Å². The molecule has 0 fully saturated rings. The van der Waals surface area contributed by atoms with E-state index in [1.807, 2.05) is 4.57 Å². The third-order valence-corrected chi connectivity index (χ3v) is 4.08. The van der Waals surface area contributed by atoms with E-state index >= 15 is 0 Å². The van der Waals surface area contributed by atoms with Crippen LogP contribution in [0.15, 0.2) is 6.33 Å². The molecule has 0 saturated heterocycles. The van der Waals surface area contributed by atoms with E-state index in [9.17, 15) is 0 Å². The van der Waals surface area contributed by atoms with Gasteiger partial charge in [0.15, 0.2) is 10.8 Å². The standard InChI is InChI=1S/C15H22Cl2N4/c1-2-3-4-5-6-7-8-9-10-21-11-18-12-13(16)19-15(17)20-14(12)21/h11H,2-10H2,1H3. The molecule has 21 heavy (non-hydrogen) atoms. The zero-order valence-electron chi connectivity index (χ0n) is 12.5. The SMILES string of the molecule is CCCCCCCCCCn1cnc2c(Cl)nc(Cl)nc21. The minimum absolute atomic E-state index is 0.171. The molecule has 2 aromatic heterocycles. The van der Waals surface area contributed by atoms with Gasteiger partial charge >= 0.3 is 0 Å². The van der Waals surface area contributed by atoms with Crippen molar-refractivity contribution in [3.63, 3.8) is 0 Å². The molecule has 116 valence electrons. The Morgan fingerprint density at radius 2 is 1.62 bits per heavy atom. The summed E-state index contributed by atoms with van der Waals surface area (Å²) in [6, 6.07) is 0. The number of fused-ring (bicyclic) bond motifs is 1. The summed E-state index contributed by atoms with van der Waals surface area (Å²) in [7, 11) is 0. The normalized spacial score (nSPS) is 11.4. The van der Waals surface area contributed by atoms with Crippen LogP contribution < -0.4 is 0 Å². The van der Waals surface area contributed by atoms with Crippen molar-refractivity contribution in [1.29, 1.82) is 0 Å². The Bertz CT molecular complexity index is 568. The van der Waals surface area contributed by atoms with E-state index in [1.165, 1.54) is 44.9 Å². The van der Waals surface area contributed by atoms with Gasteiger partial charge in [-0.15, -0.1) is 0 Å². The maximum Gasteiger partial charge on any atom is 0.225 e. The molecule has 0 aliphatic heterocycles. The Labute approximate surface area is 135 Å². The highest BCUT2D eigenvalue weighted by Crippen LogP contribution is 2.21. The van der Waals surface area contributed by atoms with E-state index in [2.05, 4.69) is 21.9 Å². The van der Waals surface area contributed by atoms with Gasteiger partial charge in [-0.25, -0.2) is 9.97 Å². The number of unbranched alkanes of at least 4 members (excludes halogenated alkanes) is 7. The van der Waals surface area contributed by atoms with Crippen LogP contribution in [0.25, 0.3) is 11.2 Å². The molecule has 0 aliphatic carbocycles. The Morgan fingerprint density at radius 3 is 2.33 bits per heavy atom. The zero-order chi connectivity index (χ0) is 15.1. The van der Waals surface area contributed by atoms with Gasteiger partial charge in [0.1, 0.15) is 5.52 Å². The first-order valence-electron chi connectivity index (χ1n) is 7.76. The molecule has 0 radical (unpaired) electrons. The number of aryl methyl sites for hydroxylation is 1. The van der Waals surface area contributed by atoms with Crippen molar-refractivity contribution in [1.82, 2.24) is 19.5 Å². The molecule has 0 aliphatic rings. The van der Waals surface area contributed by atoms with Crippen molar-refractivity contribution in [3.8, 4) is 0 Å². The maximum absolute atomic E-state index is 6.01. The maximum atomic E-state index is 6.01. The lowest BCUT2D eigenvalue weighted by Gasteiger charge is -2.04. The molecular weight excluding hydrogens is 307 g/mol. The largest absolute Gasteiger partial charge is 0.315 e. The molecule has 0 aromatic carbocycles. The predicted molar refractivity (Wildman–Crippen MR) is 88.0 cm³/mol. The first-order chi connectivity index (χ1) is 10.2. The fraction of sp³-hybridized carbons (Fsp3) is 0.667. The van der Waals surface area contributed by atoms with Gasteiger partial charge in [-0.2, -0.15) is 4.98 Å². The molecule has 0 bridgehead atoms. The van der Waals surface area contributed by atoms with Crippen LogP contribution in [0.3, 0.4) is 0 Å². The average molecular weight is 329 g/mol. The fourth-order valence-corrected chi connectivity index (χ4v) is 2.89. The summed E-state index contributed by atoms with van der Waals surface area (Å²) in [5.74, 6) is 0. The van der Waals surface area contributed by atoms with Crippen LogP contribution in [0.4, 0.5) is 0 Å². The summed E-state index contributed by atoms with van der Waals surface area (Å²) in [4.78, 5) is 12.4. The smallest absolute Gasteiger partial charge is 0.225 e. The number of hydrogen-bond acceptors (Lipinski definition) is 3. The van der Waals surface area contributed by atoms with Crippen molar-refractivity contribution in [3.05, 3.63) is 16.8 Å². The summed E-state index contributed by atoms with van der Waals surface area (Å²) in [6.45, 7) is 3.15. The first-order valence-corrected chi connectivity index (χ1v) is 8.52. The lowest BCUT2D eigenvalue weighted by atomic mass is 10.1. The number of halogens is 2. The number of hydrogen-bond donors (Lipinski definition) is 0. The molecule has 0 N–H and O–H groups in total. The number of aromatic nitrogens is 4. The van der Waals surface area contributed by atoms with Gasteiger partial charge in [-0.05, 0) is 18.0 Å². The minimum atomic E-state index is 0.171. The van der Waals surface area contributed by atoms with Crippen LogP contribution >= 0.6 is 23.2 Å². The van der Waals surface area contributed by atoms with E-state index in [-0.39, 0.29) is 5.28 Å². The van der Waals surface area contributed by atoms with Crippen LogP contribution in [-0.2, 0) is 6.54 Å². The molecule has 0 atom stereocenters. The van der Waals surface area contributed by atoms with Gasteiger partial charge in [-0.3, -0.25) is 0 Å². The Balaban J connectivity index is 1.76. The summed E-state index contributed by atoms with van der Waals surface area (Å²) >= 11 is 11.9. The Kier molecular flexibility index (Phi) is 6.71. The number of imidazole rings is 1. The highest BCUT2D eigenvalue weighted by molar-refractivity contribution is 6.35. The number of nitrogens with zero attached hydrogens (tertiary/aromatic N) is 4. The van der Waals surface area contributed by atoms with Gasteiger partial charge in [0.05, 0.1) is 6.33 Å². The molecule has 0 amide bonds. The summed E-state index contributed by atoms with van der Waals surface area (Å²) < 4.78 is 2.01. The molecule has 2 aromatic rings. The third-order valence-electron chi connectivity index (χ3n) is 3.65. The van der Waals surface area contributed by atoms with Gasteiger partial charge < -0.3 is 4.57 Å². The zero-order valence-corrected chi connectivity index (χ0v) is 14.0. The van der Waals surface area contributed by atoms with Gasteiger partial charge in [0, 0.05) is 6.54 Å². The van der Waals surface area contributed by atoms with Crippen LogP contribution in [0.5, 0.6) is 0 Å². The van der Waals surface area contributed by atoms with Crippen molar-refractivity contribution >= 4 is 34.4 Å². The Hall–Kier alpha value is -0.870. The summed E-state index contributed by atoms with van der Waals surface area (Å²) in [5, 5.41) is 0.491. The first kappa shape index (κ1) is 16.5. The van der Waals surface area contributed by atoms with Crippen LogP contribution in [0, 0.1) is 0 Å². The second-order valence-electron chi connectivity index (χ2n) is 5.37. The average Bonchev–Trinajstić information content (AvgIpc) is 2.85. The molecule has 4 nitrogen and oxygen atoms in total. The lowest BCUT2D eigenvalue weighted by molar-refractivity contribution is 0.547. The lowest BCUT2D eigenvalue weighted by Crippen LogP contribution is -1.98. The van der Waals surface area contributed by atoms with Crippen LogP contribution in [-0.4, -0.2) is 19.5 Å². The molecular formula is C15H22Cl2N4. The quantitative estimate of drug-likeness (QED) is 0.357. The predicted octanol–water partition coefficient (Wildman–Crippen LogP) is 5.27. The van der Waals surface area contributed by atoms with Crippen molar-refractivity contribution in [2.45, 2.75) is 64.8 Å². The van der Waals surface area contributed by atoms with Gasteiger partial charge in [-0.1, -0.05) is 63.5 Å². The summed E-state index contributed by atoms with van der Waals surface area (Å²) in [5.41, 5.74) is 1.35. The van der Waals surface area contributed by atoms with Crippen molar-refractivity contribution in [2.75, 3.05) is 0 Å². The molecule has 0 saturated carbocycles. The van der Waals surface area contributed by atoms with Gasteiger partial charge in [0.25, 0.3) is 0 Å². The minimum Gasteiger partial charge on any atom is -0.315 e. The molecule has 0 unspecified atom stereocenters. The van der Waals surface area contributed by atoms with E-state index in [1.54, 1.807) is 6.33 Å². The van der Waals surface area contributed by atoms with E-state index in [4.69, 9.17) is 23.2 Å². The molecule has 6 heteroatoms. The highest BCUT2D eigenvalue weighted by Gasteiger charge is 2.10. The van der Waals surface area contributed by atoms with E-state index < -0.39 is 0 Å². The molecule has 2 rings (SSSR count). The van der Waals surface area contributed by atoms with Crippen molar-refractivity contribution < 1.29 is 0 Å². The summed E-state index contributed by atoms with van der Waals surface area (Å²) in [6.07, 6.45) is 12.2. The fourth-order valence-electron chi connectivity index (χ4n) is 2.46. The molecule has 0 spiro atoms. The third kappa shape index (κ3) is 4.82. The Morgan fingerprint density at radius 1 is 0.952 bits per heavy atom. The van der Waals surface area contributed by atoms with E-state index in [0.29, 0.717) is 10.7 Å². The van der Waals surface area contributed by atoms with Crippen molar-refractivity contribution in [2.24, 2.45) is 0 Å². The van der Waals surface area contributed by atoms with Crippen LogP contribution in [0.1, 0.15) is 58.3 Å². The monoisotopic (exact) mass is 328 g/mol. The van der Waals surface area contributed by atoms with Gasteiger partial charge in [0.2, 0.25) is 5.28 Å². The van der Waals surface area contributed by atoms with E-state index in [0.717, 1.165) is 18.6 Å². The second kappa shape index (κ2) is 8.54.